The fourth-order valence-corrected chi connectivity index (χ4v) is 8.12. The molecular formula is C22H34O3. The Morgan fingerprint density at radius 3 is 2.40 bits per heavy atom. The number of fused-ring (bicyclic) bond motifs is 5. The molecule has 1 saturated heterocycles. The van der Waals surface area contributed by atoms with Gasteiger partial charge in [-0.2, -0.15) is 0 Å². The smallest absolute Gasteiger partial charge is 0.169 e. The van der Waals surface area contributed by atoms with Crippen molar-refractivity contribution in [1.29, 1.82) is 0 Å². The standard InChI is InChI=1S/C22H34O3/c1-19-8-6-15-16-4-5-18(23)20(16,2)9-7-17(15)21(19,3)10-11-22(14-19)24-12-13-25-22/h15-17H,4-14H2,1-3H3/t15-,16+,17+,19+,20-,21+/m1/s1. The third-order valence-electron chi connectivity index (χ3n) is 9.87. The fraction of sp³-hybridized carbons (Fsp3) is 0.955. The molecule has 0 bridgehead atoms. The van der Waals surface area contributed by atoms with Crippen LogP contribution in [0.2, 0.25) is 0 Å². The largest absolute Gasteiger partial charge is 0.348 e. The zero-order valence-electron chi connectivity index (χ0n) is 16.2. The molecule has 0 aromatic heterocycles. The van der Waals surface area contributed by atoms with Gasteiger partial charge in [0.05, 0.1) is 13.2 Å². The number of carbonyl (C=O) groups excluding carboxylic acids is 1. The van der Waals surface area contributed by atoms with Gasteiger partial charge < -0.3 is 9.47 Å². The molecule has 5 rings (SSSR count). The molecule has 4 saturated carbocycles. The van der Waals surface area contributed by atoms with Crippen LogP contribution in [0.15, 0.2) is 0 Å². The maximum absolute atomic E-state index is 12.6. The van der Waals surface area contributed by atoms with E-state index in [1.165, 1.54) is 25.7 Å². The Labute approximate surface area is 152 Å². The normalized spacial score (nSPS) is 54.2. The van der Waals surface area contributed by atoms with E-state index in [4.69, 9.17) is 9.47 Å². The summed E-state index contributed by atoms with van der Waals surface area (Å²) in [6, 6.07) is 0. The first kappa shape index (κ1) is 16.7. The Hall–Kier alpha value is -0.410. The number of ketones is 1. The highest BCUT2D eigenvalue weighted by molar-refractivity contribution is 5.87. The first-order chi connectivity index (χ1) is 11.8. The van der Waals surface area contributed by atoms with E-state index in [-0.39, 0.29) is 11.2 Å². The Morgan fingerprint density at radius 2 is 1.64 bits per heavy atom. The van der Waals surface area contributed by atoms with Crippen LogP contribution in [-0.4, -0.2) is 24.8 Å². The summed E-state index contributed by atoms with van der Waals surface area (Å²) in [7, 11) is 0. The molecular weight excluding hydrogens is 312 g/mol. The summed E-state index contributed by atoms with van der Waals surface area (Å²) in [4.78, 5) is 12.6. The minimum Gasteiger partial charge on any atom is -0.348 e. The van der Waals surface area contributed by atoms with Gasteiger partial charge in [0.15, 0.2) is 5.79 Å². The van der Waals surface area contributed by atoms with Gasteiger partial charge in [0.2, 0.25) is 0 Å². The van der Waals surface area contributed by atoms with Gasteiger partial charge in [0, 0.05) is 24.7 Å². The maximum atomic E-state index is 12.6. The molecule has 3 heteroatoms. The van der Waals surface area contributed by atoms with Crippen LogP contribution < -0.4 is 0 Å². The fourth-order valence-electron chi connectivity index (χ4n) is 8.12. The van der Waals surface area contributed by atoms with Crippen LogP contribution in [0.4, 0.5) is 0 Å². The van der Waals surface area contributed by atoms with E-state index in [9.17, 15) is 4.79 Å². The number of ether oxygens (including phenoxy) is 2. The van der Waals surface area contributed by atoms with Crippen molar-refractivity contribution in [3.8, 4) is 0 Å². The molecule has 0 radical (unpaired) electrons. The van der Waals surface area contributed by atoms with Crippen LogP contribution in [0.1, 0.15) is 78.6 Å². The van der Waals surface area contributed by atoms with Gasteiger partial charge >= 0.3 is 0 Å². The summed E-state index contributed by atoms with van der Waals surface area (Å²) in [5, 5.41) is 0. The van der Waals surface area contributed by atoms with Gasteiger partial charge in [-0.25, -0.2) is 0 Å². The van der Waals surface area contributed by atoms with E-state index >= 15 is 0 Å². The summed E-state index contributed by atoms with van der Waals surface area (Å²) in [6.07, 6.45) is 10.3. The van der Waals surface area contributed by atoms with E-state index in [1.807, 2.05) is 0 Å². The lowest BCUT2D eigenvalue weighted by molar-refractivity contribution is -0.256. The molecule has 5 aliphatic rings. The molecule has 1 heterocycles. The van der Waals surface area contributed by atoms with Gasteiger partial charge in [-0.05, 0) is 67.1 Å². The van der Waals surface area contributed by atoms with E-state index in [0.717, 1.165) is 57.2 Å². The third-order valence-corrected chi connectivity index (χ3v) is 9.87. The highest BCUT2D eigenvalue weighted by Crippen LogP contribution is 2.70. The van der Waals surface area contributed by atoms with E-state index in [1.54, 1.807) is 0 Å². The van der Waals surface area contributed by atoms with Crippen molar-refractivity contribution in [2.75, 3.05) is 13.2 Å². The van der Waals surface area contributed by atoms with Crippen molar-refractivity contribution in [2.45, 2.75) is 84.3 Å². The Bertz CT molecular complexity index is 594. The average molecular weight is 347 g/mol. The molecule has 0 unspecified atom stereocenters. The first-order valence-electron chi connectivity index (χ1n) is 10.6. The Morgan fingerprint density at radius 1 is 0.880 bits per heavy atom. The molecule has 0 amide bonds. The molecule has 4 aliphatic carbocycles. The Balaban J connectivity index is 1.46. The van der Waals surface area contributed by atoms with Gasteiger partial charge in [-0.1, -0.05) is 20.8 Å². The van der Waals surface area contributed by atoms with E-state index < -0.39 is 0 Å². The molecule has 0 aromatic carbocycles. The molecule has 3 nitrogen and oxygen atoms in total. The van der Waals surface area contributed by atoms with Gasteiger partial charge in [0.1, 0.15) is 5.78 Å². The Kier molecular flexibility index (Phi) is 3.41. The monoisotopic (exact) mass is 346 g/mol. The predicted molar refractivity (Wildman–Crippen MR) is 96.0 cm³/mol. The second-order valence-corrected chi connectivity index (χ2v) is 10.6. The van der Waals surface area contributed by atoms with Crippen LogP contribution in [-0.2, 0) is 14.3 Å². The molecule has 0 N–H and O–H groups in total. The summed E-state index contributed by atoms with van der Waals surface area (Å²) < 4.78 is 12.2. The third kappa shape index (κ3) is 2.03. The van der Waals surface area contributed by atoms with Gasteiger partial charge in [-0.15, -0.1) is 0 Å². The zero-order chi connectivity index (χ0) is 17.5. The van der Waals surface area contributed by atoms with Crippen molar-refractivity contribution in [2.24, 2.45) is 34.0 Å². The van der Waals surface area contributed by atoms with E-state index in [0.29, 0.717) is 22.5 Å². The molecule has 0 aromatic rings. The number of rotatable bonds is 0. The second-order valence-electron chi connectivity index (χ2n) is 10.6. The lowest BCUT2D eigenvalue weighted by atomic mass is 9.40. The summed E-state index contributed by atoms with van der Waals surface area (Å²) >= 11 is 0. The van der Waals surface area contributed by atoms with Gasteiger partial charge in [-0.3, -0.25) is 4.79 Å². The summed E-state index contributed by atoms with van der Waals surface area (Å²) in [5.41, 5.74) is 0.690. The predicted octanol–water partition coefficient (Wildman–Crippen LogP) is 4.73. The number of hydrogen-bond acceptors (Lipinski definition) is 3. The molecule has 5 fully saturated rings. The lowest BCUT2D eigenvalue weighted by Crippen LogP contribution is -2.60. The molecule has 1 aliphatic heterocycles. The molecule has 25 heavy (non-hydrogen) atoms. The minimum absolute atomic E-state index is 0.00116. The molecule has 6 atom stereocenters. The van der Waals surface area contributed by atoms with Crippen LogP contribution in [0.5, 0.6) is 0 Å². The van der Waals surface area contributed by atoms with Gasteiger partial charge in [0.25, 0.3) is 0 Å². The van der Waals surface area contributed by atoms with Crippen LogP contribution >= 0.6 is 0 Å². The summed E-state index contributed by atoms with van der Waals surface area (Å²) in [5.74, 6) is 2.48. The average Bonchev–Trinajstić information content (AvgIpc) is 3.14. The second kappa shape index (κ2) is 5.10. The van der Waals surface area contributed by atoms with Crippen molar-refractivity contribution in [1.82, 2.24) is 0 Å². The highest BCUT2D eigenvalue weighted by atomic mass is 16.7. The maximum Gasteiger partial charge on any atom is 0.169 e. The van der Waals surface area contributed by atoms with Crippen molar-refractivity contribution in [3.63, 3.8) is 0 Å². The number of Topliss-reactive ketones (excluding diaryl/α,β-unsaturated/α-hetero) is 1. The molecule has 140 valence electrons. The minimum atomic E-state index is -0.284. The highest BCUT2D eigenvalue weighted by Gasteiger charge is 2.65. The first-order valence-corrected chi connectivity index (χ1v) is 10.6. The SMILES string of the molecule is C[C@@]12CC[C@@H]3[C@@H]4CCC(=O)[C@]4(C)CC[C@@H]3[C@]1(C)CCC1(C2)OCCO1. The van der Waals surface area contributed by atoms with Crippen molar-refractivity contribution in [3.05, 3.63) is 0 Å². The van der Waals surface area contributed by atoms with Crippen LogP contribution in [0, 0.1) is 34.0 Å². The topological polar surface area (TPSA) is 35.5 Å². The van der Waals surface area contributed by atoms with Crippen molar-refractivity contribution < 1.29 is 14.3 Å². The van der Waals surface area contributed by atoms with Crippen LogP contribution in [0.3, 0.4) is 0 Å². The van der Waals surface area contributed by atoms with E-state index in [2.05, 4.69) is 20.8 Å². The quantitative estimate of drug-likeness (QED) is 0.636. The number of carbonyl (C=O) groups is 1. The summed E-state index contributed by atoms with van der Waals surface area (Å²) in [6.45, 7) is 8.91. The molecule has 1 spiro atoms. The van der Waals surface area contributed by atoms with Crippen LogP contribution in [0.25, 0.3) is 0 Å². The number of hydrogen-bond donors (Lipinski definition) is 0. The zero-order valence-corrected chi connectivity index (χ0v) is 16.2. The lowest BCUT2D eigenvalue weighted by Gasteiger charge is -2.65. The van der Waals surface area contributed by atoms with Crippen molar-refractivity contribution >= 4 is 5.78 Å².